The minimum atomic E-state index is -0.492. The molecular weight excluding hydrogens is 297 g/mol. The van der Waals surface area contributed by atoms with Crippen LogP contribution in [-0.2, 0) is 4.74 Å². The highest BCUT2D eigenvalue weighted by molar-refractivity contribution is 5.67. The van der Waals surface area contributed by atoms with Crippen LogP contribution in [0.3, 0.4) is 0 Å². The Labute approximate surface area is 137 Å². The van der Waals surface area contributed by atoms with Crippen molar-refractivity contribution in [2.75, 3.05) is 11.9 Å². The van der Waals surface area contributed by atoms with Gasteiger partial charge < -0.3 is 15.4 Å². The second-order valence-electron chi connectivity index (χ2n) is 7.05. The summed E-state index contributed by atoms with van der Waals surface area (Å²) in [5, 5.41) is 6.27. The van der Waals surface area contributed by atoms with Crippen LogP contribution in [0.25, 0.3) is 0 Å². The van der Waals surface area contributed by atoms with E-state index in [2.05, 4.69) is 15.6 Å². The number of hydrogen-bond acceptors (Lipinski definition) is 4. The smallest absolute Gasteiger partial charge is 0.407 e. The van der Waals surface area contributed by atoms with Gasteiger partial charge in [0.2, 0.25) is 5.95 Å². The number of ether oxygens (including phenoxy) is 1. The molecule has 1 fully saturated rings. The second kappa shape index (κ2) is 7.62. The lowest BCUT2D eigenvalue weighted by molar-refractivity contribution is 0.0514. The Morgan fingerprint density at radius 1 is 1.35 bits per heavy atom. The number of carbonyl (C=O) groups is 1. The van der Waals surface area contributed by atoms with Gasteiger partial charge in [-0.3, -0.25) is 0 Å². The number of nitrogens with zero attached hydrogens (tertiary/aromatic N) is 1. The Balaban J connectivity index is 1.88. The summed E-state index contributed by atoms with van der Waals surface area (Å²) in [6.07, 6.45) is 5.49. The molecule has 1 aromatic heterocycles. The van der Waals surface area contributed by atoms with E-state index < -0.39 is 11.5 Å². The van der Waals surface area contributed by atoms with Crippen LogP contribution in [0.2, 0.25) is 0 Å². The van der Waals surface area contributed by atoms with Crippen LogP contribution < -0.4 is 10.6 Å². The van der Waals surface area contributed by atoms with Gasteiger partial charge in [-0.2, -0.15) is 4.39 Å². The summed E-state index contributed by atoms with van der Waals surface area (Å²) >= 11 is 0. The summed E-state index contributed by atoms with van der Waals surface area (Å²) < 4.78 is 18.2. The molecule has 1 aliphatic carbocycles. The highest BCUT2D eigenvalue weighted by atomic mass is 19.1. The zero-order valence-electron chi connectivity index (χ0n) is 14.1. The quantitative estimate of drug-likeness (QED) is 0.829. The van der Waals surface area contributed by atoms with Crippen molar-refractivity contribution in [3.05, 3.63) is 24.3 Å². The van der Waals surface area contributed by atoms with E-state index in [4.69, 9.17) is 4.74 Å². The number of nitrogens with one attached hydrogen (secondary N) is 2. The van der Waals surface area contributed by atoms with Crippen LogP contribution in [0.5, 0.6) is 0 Å². The fourth-order valence-electron chi connectivity index (χ4n) is 2.85. The molecule has 0 bridgehead atoms. The minimum Gasteiger partial charge on any atom is -0.444 e. The van der Waals surface area contributed by atoms with Gasteiger partial charge in [0.25, 0.3) is 0 Å². The van der Waals surface area contributed by atoms with Crippen LogP contribution in [0.4, 0.5) is 14.9 Å². The summed E-state index contributed by atoms with van der Waals surface area (Å²) in [5.41, 5.74) is 0.314. The number of carbonyl (C=O) groups excluding carboxylic acids is 1. The third-order valence-electron chi connectivity index (χ3n) is 3.90. The number of anilines is 1. The van der Waals surface area contributed by atoms with Gasteiger partial charge in [0, 0.05) is 12.6 Å². The number of aromatic nitrogens is 1. The van der Waals surface area contributed by atoms with Crippen LogP contribution >= 0.6 is 0 Å². The number of halogens is 1. The number of hydrogen-bond donors (Lipinski definition) is 2. The van der Waals surface area contributed by atoms with E-state index in [-0.39, 0.29) is 12.1 Å². The summed E-state index contributed by atoms with van der Waals surface area (Å²) in [4.78, 5) is 15.5. The molecule has 23 heavy (non-hydrogen) atoms. The van der Waals surface area contributed by atoms with E-state index in [0.717, 1.165) is 31.4 Å². The lowest BCUT2D eigenvalue weighted by Crippen LogP contribution is -2.42. The first-order valence-electron chi connectivity index (χ1n) is 8.18. The Kier molecular flexibility index (Phi) is 5.80. The van der Waals surface area contributed by atoms with Crippen molar-refractivity contribution in [3.8, 4) is 0 Å². The topological polar surface area (TPSA) is 63.2 Å². The first kappa shape index (κ1) is 17.5. The van der Waals surface area contributed by atoms with Crippen molar-refractivity contribution in [2.45, 2.75) is 58.1 Å². The molecule has 1 aliphatic rings. The van der Waals surface area contributed by atoms with Gasteiger partial charge in [-0.15, -0.1) is 0 Å². The van der Waals surface area contributed by atoms with Gasteiger partial charge in [-0.25, -0.2) is 9.78 Å². The minimum absolute atomic E-state index is 0.242. The van der Waals surface area contributed by atoms with Crippen molar-refractivity contribution < 1.29 is 13.9 Å². The van der Waals surface area contributed by atoms with Gasteiger partial charge in [0.15, 0.2) is 0 Å². The number of amides is 1. The van der Waals surface area contributed by atoms with Crippen molar-refractivity contribution in [1.29, 1.82) is 0 Å². The fourth-order valence-corrected chi connectivity index (χ4v) is 2.85. The fraction of sp³-hybridized carbons (Fsp3) is 0.647. The Morgan fingerprint density at radius 3 is 2.74 bits per heavy atom. The maximum absolute atomic E-state index is 12.9. The number of alkyl carbamates (subject to hydrolysis) is 1. The highest BCUT2D eigenvalue weighted by Crippen LogP contribution is 2.27. The van der Waals surface area contributed by atoms with Crippen LogP contribution in [0, 0.1) is 11.9 Å². The summed E-state index contributed by atoms with van der Waals surface area (Å²) in [6, 6.07) is 3.28. The maximum atomic E-state index is 12.9. The molecule has 0 spiro atoms. The predicted octanol–water partition coefficient (Wildman–Crippen LogP) is 3.72. The molecule has 0 aromatic carbocycles. The van der Waals surface area contributed by atoms with E-state index in [1.165, 1.54) is 12.3 Å². The van der Waals surface area contributed by atoms with Crippen molar-refractivity contribution in [2.24, 2.45) is 5.92 Å². The van der Waals surface area contributed by atoms with Crippen LogP contribution in [0.1, 0.15) is 46.5 Å². The van der Waals surface area contributed by atoms with E-state index in [0.29, 0.717) is 12.5 Å². The van der Waals surface area contributed by atoms with Gasteiger partial charge >= 0.3 is 6.09 Å². The van der Waals surface area contributed by atoms with Gasteiger partial charge in [-0.05, 0) is 51.7 Å². The lowest BCUT2D eigenvalue weighted by atomic mass is 9.84. The molecule has 1 heterocycles. The molecule has 128 valence electrons. The molecule has 0 radical (unpaired) electrons. The summed E-state index contributed by atoms with van der Waals surface area (Å²) in [5.74, 6) is -0.163. The third-order valence-corrected chi connectivity index (χ3v) is 3.90. The van der Waals surface area contributed by atoms with Gasteiger partial charge in [0.05, 0.1) is 11.9 Å². The molecule has 1 aromatic rings. The summed E-state index contributed by atoms with van der Waals surface area (Å²) in [6.45, 7) is 6.11. The molecule has 0 aliphatic heterocycles. The summed E-state index contributed by atoms with van der Waals surface area (Å²) in [7, 11) is 0. The molecule has 2 unspecified atom stereocenters. The molecule has 1 amide bonds. The van der Waals surface area contributed by atoms with Gasteiger partial charge in [0.1, 0.15) is 5.60 Å². The average Bonchev–Trinajstić information content (AvgIpc) is 2.47. The number of rotatable bonds is 4. The maximum Gasteiger partial charge on any atom is 0.407 e. The first-order chi connectivity index (χ1) is 10.8. The Morgan fingerprint density at radius 2 is 2.09 bits per heavy atom. The lowest BCUT2D eigenvalue weighted by Gasteiger charge is -2.33. The molecule has 6 heteroatoms. The van der Waals surface area contributed by atoms with E-state index in [9.17, 15) is 9.18 Å². The predicted molar refractivity (Wildman–Crippen MR) is 87.8 cm³/mol. The van der Waals surface area contributed by atoms with Crippen molar-refractivity contribution in [1.82, 2.24) is 10.3 Å². The van der Waals surface area contributed by atoms with E-state index >= 15 is 0 Å². The average molecular weight is 323 g/mol. The molecule has 1 saturated carbocycles. The van der Waals surface area contributed by atoms with Crippen LogP contribution in [0.15, 0.2) is 18.3 Å². The highest BCUT2D eigenvalue weighted by Gasteiger charge is 2.26. The van der Waals surface area contributed by atoms with E-state index in [1.807, 2.05) is 20.8 Å². The van der Waals surface area contributed by atoms with Crippen molar-refractivity contribution >= 4 is 11.8 Å². The zero-order valence-corrected chi connectivity index (χ0v) is 14.1. The molecule has 2 rings (SSSR count). The monoisotopic (exact) mass is 323 g/mol. The second-order valence-corrected chi connectivity index (χ2v) is 7.05. The standard InChI is InChI=1S/C17H26FN3O2/c1-17(2,3)23-16(22)20-10-12-6-4-5-7-14(12)21-13-8-9-15(18)19-11-13/h8-9,11-12,14,21H,4-7,10H2,1-3H3,(H,20,22). The Bertz CT molecular complexity index is 514. The molecule has 2 N–H and O–H groups in total. The largest absolute Gasteiger partial charge is 0.444 e. The molecule has 5 nitrogen and oxygen atoms in total. The van der Waals surface area contributed by atoms with Crippen LogP contribution in [-0.4, -0.2) is 29.3 Å². The molecular formula is C17H26FN3O2. The molecule has 2 atom stereocenters. The van der Waals surface area contributed by atoms with E-state index in [1.54, 1.807) is 6.07 Å². The normalized spacial score (nSPS) is 21.6. The Hall–Kier alpha value is -1.85. The van der Waals surface area contributed by atoms with Gasteiger partial charge in [-0.1, -0.05) is 12.8 Å². The zero-order chi connectivity index (χ0) is 16.9. The number of pyridine rings is 1. The SMILES string of the molecule is CC(C)(C)OC(=O)NCC1CCCCC1Nc1ccc(F)nc1. The third kappa shape index (κ3) is 6.04. The molecule has 0 saturated heterocycles. The first-order valence-corrected chi connectivity index (χ1v) is 8.18. The van der Waals surface area contributed by atoms with Crippen molar-refractivity contribution in [3.63, 3.8) is 0 Å².